The Kier molecular flexibility index (Phi) is 7.36. The molecular weight excluding hydrogens is 364 g/mol. The van der Waals surface area contributed by atoms with Crippen molar-refractivity contribution in [2.24, 2.45) is 0 Å². The third-order valence-corrected chi connectivity index (χ3v) is 5.49. The first-order valence-electron chi connectivity index (χ1n) is 10.6. The zero-order valence-corrected chi connectivity index (χ0v) is 17.4. The quantitative estimate of drug-likeness (QED) is 0.658. The van der Waals surface area contributed by atoms with Gasteiger partial charge in [-0.15, -0.1) is 0 Å². The predicted octanol–water partition coefficient (Wildman–Crippen LogP) is 1.27. The molecule has 1 atom stereocenters. The van der Waals surface area contributed by atoms with E-state index < -0.39 is 5.92 Å². The van der Waals surface area contributed by atoms with Gasteiger partial charge in [0.2, 0.25) is 5.91 Å². The number of nitrogens with one attached hydrogen (secondary N) is 2. The number of benzene rings is 1. The molecule has 7 heteroatoms. The molecule has 1 aliphatic rings. The molecule has 3 rings (SSSR count). The van der Waals surface area contributed by atoms with Gasteiger partial charge in [-0.05, 0) is 18.6 Å². The van der Waals surface area contributed by atoms with Gasteiger partial charge in [-0.25, -0.2) is 9.97 Å². The van der Waals surface area contributed by atoms with Crippen LogP contribution in [-0.2, 0) is 4.79 Å². The fourth-order valence-electron chi connectivity index (χ4n) is 3.64. The van der Waals surface area contributed by atoms with Crippen molar-refractivity contribution in [2.45, 2.75) is 38.5 Å². The molecular formula is C22H31N6O+. The molecule has 2 aromatic rings. The van der Waals surface area contributed by atoms with Crippen molar-refractivity contribution in [3.8, 4) is 6.07 Å². The van der Waals surface area contributed by atoms with E-state index in [-0.39, 0.29) is 5.91 Å². The van der Waals surface area contributed by atoms with Crippen LogP contribution in [0.25, 0.3) is 11.0 Å². The van der Waals surface area contributed by atoms with Gasteiger partial charge in [0.05, 0.1) is 50.3 Å². The number of para-hydroxylation sites is 2. The maximum Gasteiger partial charge on any atom is 0.243 e. The van der Waals surface area contributed by atoms with Crippen LogP contribution in [0.5, 0.6) is 0 Å². The number of amides is 1. The second kappa shape index (κ2) is 10.2. The molecule has 29 heavy (non-hydrogen) atoms. The molecule has 0 spiro atoms. The zero-order chi connectivity index (χ0) is 20.6. The molecule has 1 amide bonds. The second-order valence-electron chi connectivity index (χ2n) is 7.78. The number of nitrogens with zero attached hydrogens (tertiary/aromatic N) is 4. The summed E-state index contributed by atoms with van der Waals surface area (Å²) in [5, 5.41) is 12.8. The van der Waals surface area contributed by atoms with E-state index in [0.717, 1.165) is 57.4 Å². The number of aromatic nitrogens is 2. The molecule has 0 radical (unpaired) electrons. The summed E-state index contributed by atoms with van der Waals surface area (Å²) in [5.74, 6) is -0.571. The summed E-state index contributed by atoms with van der Waals surface area (Å²) in [6, 6.07) is 9.80. The van der Waals surface area contributed by atoms with E-state index in [1.165, 1.54) is 4.90 Å². The van der Waals surface area contributed by atoms with Crippen molar-refractivity contribution in [3.05, 3.63) is 30.0 Å². The van der Waals surface area contributed by atoms with Crippen molar-refractivity contribution < 1.29 is 9.69 Å². The number of hydrogen-bond acceptors (Lipinski definition) is 5. The van der Waals surface area contributed by atoms with Gasteiger partial charge in [0.25, 0.3) is 0 Å². The lowest BCUT2D eigenvalue weighted by Gasteiger charge is -2.32. The number of nitriles is 1. The maximum atomic E-state index is 12.8. The van der Waals surface area contributed by atoms with Crippen LogP contribution >= 0.6 is 0 Å². The van der Waals surface area contributed by atoms with Gasteiger partial charge in [0.15, 0.2) is 11.7 Å². The van der Waals surface area contributed by atoms with Crippen LogP contribution in [0.4, 0.5) is 5.82 Å². The Morgan fingerprint density at radius 2 is 1.90 bits per heavy atom. The molecule has 0 unspecified atom stereocenters. The van der Waals surface area contributed by atoms with Crippen LogP contribution in [0.2, 0.25) is 0 Å². The largest absolute Gasteiger partial charge is 0.355 e. The van der Waals surface area contributed by atoms with E-state index in [4.69, 9.17) is 9.97 Å². The highest BCUT2D eigenvalue weighted by Crippen LogP contribution is 2.27. The Hall–Kier alpha value is -2.72. The van der Waals surface area contributed by atoms with E-state index in [9.17, 15) is 10.1 Å². The number of piperazine rings is 1. The number of hydrogen-bond donors (Lipinski definition) is 2. The first kappa shape index (κ1) is 21.0. The van der Waals surface area contributed by atoms with Crippen molar-refractivity contribution in [3.63, 3.8) is 0 Å². The van der Waals surface area contributed by atoms with Crippen LogP contribution < -0.4 is 15.1 Å². The molecule has 2 N–H and O–H groups in total. The molecule has 1 aromatic heterocycles. The highest BCUT2D eigenvalue weighted by Gasteiger charge is 2.30. The number of fused-ring (bicyclic) bond motifs is 1. The summed E-state index contributed by atoms with van der Waals surface area (Å²) in [6.07, 6.45) is 4.31. The van der Waals surface area contributed by atoms with Crippen LogP contribution in [0.1, 0.15) is 44.2 Å². The number of anilines is 1. The number of quaternary nitrogens is 1. The molecule has 7 nitrogen and oxygen atoms in total. The van der Waals surface area contributed by atoms with Gasteiger partial charge in [0, 0.05) is 6.54 Å². The lowest BCUT2D eigenvalue weighted by Crippen LogP contribution is -3.12. The van der Waals surface area contributed by atoms with E-state index >= 15 is 0 Å². The van der Waals surface area contributed by atoms with Crippen LogP contribution in [0, 0.1) is 11.3 Å². The van der Waals surface area contributed by atoms with Gasteiger partial charge < -0.3 is 15.1 Å². The normalized spacial score (nSPS) is 15.8. The van der Waals surface area contributed by atoms with Crippen molar-refractivity contribution in [2.75, 3.05) is 44.7 Å². The first-order valence-corrected chi connectivity index (χ1v) is 10.6. The molecule has 1 aliphatic heterocycles. The van der Waals surface area contributed by atoms with E-state index in [0.29, 0.717) is 23.6 Å². The second-order valence-corrected chi connectivity index (χ2v) is 7.78. The minimum absolute atomic E-state index is 0.283. The Morgan fingerprint density at radius 1 is 1.21 bits per heavy atom. The lowest BCUT2D eigenvalue weighted by molar-refractivity contribution is -0.880. The summed E-state index contributed by atoms with van der Waals surface area (Å²) >= 11 is 0. The van der Waals surface area contributed by atoms with Crippen molar-refractivity contribution in [1.29, 1.82) is 5.26 Å². The Balaban J connectivity index is 1.87. The summed E-state index contributed by atoms with van der Waals surface area (Å²) < 4.78 is 0. The Morgan fingerprint density at radius 3 is 2.55 bits per heavy atom. The zero-order valence-electron chi connectivity index (χ0n) is 17.4. The monoisotopic (exact) mass is 395 g/mol. The van der Waals surface area contributed by atoms with Gasteiger partial charge in [-0.2, -0.15) is 5.26 Å². The highest BCUT2D eigenvalue weighted by molar-refractivity contribution is 5.88. The summed E-state index contributed by atoms with van der Waals surface area (Å²) in [7, 11) is 2.17. The van der Waals surface area contributed by atoms with Crippen LogP contribution in [0.3, 0.4) is 0 Å². The van der Waals surface area contributed by atoms with E-state index in [1.807, 2.05) is 24.3 Å². The predicted molar refractivity (Wildman–Crippen MR) is 114 cm³/mol. The summed E-state index contributed by atoms with van der Waals surface area (Å²) in [4.78, 5) is 26.0. The van der Waals surface area contributed by atoms with E-state index in [1.54, 1.807) is 0 Å². The smallest absolute Gasteiger partial charge is 0.243 e. The topological polar surface area (TPSA) is 86.3 Å². The number of rotatable bonds is 8. The molecule has 1 fully saturated rings. The molecule has 0 bridgehead atoms. The molecule has 0 aliphatic carbocycles. The minimum Gasteiger partial charge on any atom is -0.355 e. The number of unbranched alkanes of at least 4 members (excludes halogenated alkanes) is 3. The van der Waals surface area contributed by atoms with Gasteiger partial charge in [-0.3, -0.25) is 4.79 Å². The van der Waals surface area contributed by atoms with Crippen LogP contribution in [-0.4, -0.2) is 55.6 Å². The first-order chi connectivity index (χ1) is 14.1. The molecule has 0 saturated carbocycles. The molecule has 1 saturated heterocycles. The number of carbonyl (C=O) groups is 1. The fraction of sp³-hybridized carbons (Fsp3) is 0.545. The van der Waals surface area contributed by atoms with Gasteiger partial charge >= 0.3 is 0 Å². The molecule has 2 heterocycles. The van der Waals surface area contributed by atoms with Gasteiger partial charge in [-0.1, -0.05) is 38.3 Å². The average molecular weight is 396 g/mol. The molecule has 154 valence electrons. The fourth-order valence-corrected chi connectivity index (χ4v) is 3.64. The summed E-state index contributed by atoms with van der Waals surface area (Å²) in [5.41, 5.74) is 1.97. The standard InChI is InChI=1S/C22H30N6O/c1-3-4-5-8-11-24-22(29)17(16-23)20-21(28-14-12-27(2)13-15-28)26-19-10-7-6-9-18(19)25-20/h6-7,9-10,17H,3-5,8,11-15H2,1-2H3,(H,24,29)/p+1/t17-/m0/s1. The minimum atomic E-state index is -0.958. The molecule has 1 aromatic carbocycles. The summed E-state index contributed by atoms with van der Waals surface area (Å²) in [6.45, 7) is 6.41. The SMILES string of the molecule is CCCCCCNC(=O)[C@@H](C#N)c1nc2ccccc2nc1N1CC[NH+](C)CC1. The Bertz CT molecular complexity index is 869. The highest BCUT2D eigenvalue weighted by atomic mass is 16.1. The average Bonchev–Trinajstić information content (AvgIpc) is 2.74. The number of carbonyl (C=O) groups excluding carboxylic acids is 1. The van der Waals surface area contributed by atoms with Crippen LogP contribution in [0.15, 0.2) is 24.3 Å². The third-order valence-electron chi connectivity index (χ3n) is 5.49. The third kappa shape index (κ3) is 5.21. The number of likely N-dealkylation sites (N-methyl/N-ethyl adjacent to an activating group) is 1. The van der Waals surface area contributed by atoms with E-state index in [2.05, 4.69) is 30.3 Å². The Labute approximate surface area is 172 Å². The lowest BCUT2D eigenvalue weighted by atomic mass is 10.0. The maximum absolute atomic E-state index is 12.8. The van der Waals surface area contributed by atoms with Gasteiger partial charge in [0.1, 0.15) is 5.69 Å². The van der Waals surface area contributed by atoms with Crippen molar-refractivity contribution >= 4 is 22.8 Å². The van der Waals surface area contributed by atoms with Crippen molar-refractivity contribution in [1.82, 2.24) is 15.3 Å².